The molecule has 0 aliphatic carbocycles. The zero-order valence-electron chi connectivity index (χ0n) is 17.8. The van der Waals surface area contributed by atoms with Crippen LogP contribution in [0.3, 0.4) is 0 Å². The van der Waals surface area contributed by atoms with Gasteiger partial charge in [0.15, 0.2) is 0 Å². The zero-order valence-corrected chi connectivity index (χ0v) is 18.6. The van der Waals surface area contributed by atoms with Crippen LogP contribution in [0.1, 0.15) is 0 Å². The first-order chi connectivity index (χ1) is 15.6. The Morgan fingerprint density at radius 2 is 2.03 bits per heavy atom. The Morgan fingerprint density at radius 3 is 2.78 bits per heavy atom. The summed E-state index contributed by atoms with van der Waals surface area (Å²) in [6, 6.07) is 7.05. The summed E-state index contributed by atoms with van der Waals surface area (Å²) in [6.07, 6.45) is 2.88. The van der Waals surface area contributed by atoms with E-state index in [2.05, 4.69) is 37.1 Å². The van der Waals surface area contributed by atoms with Crippen molar-refractivity contribution in [2.45, 2.75) is 6.54 Å². The Labute approximate surface area is 189 Å². The number of carbonyl (C=O) groups excluding carboxylic acids is 1. The van der Waals surface area contributed by atoms with Crippen LogP contribution in [0.5, 0.6) is 5.88 Å². The van der Waals surface area contributed by atoms with Gasteiger partial charge >= 0.3 is 0 Å². The van der Waals surface area contributed by atoms with Gasteiger partial charge in [-0.3, -0.25) is 14.2 Å². The molecular formula is C21H25N7O3S. The van der Waals surface area contributed by atoms with Crippen LogP contribution in [0.2, 0.25) is 0 Å². The maximum Gasteiger partial charge on any atom is 0.254 e. The normalized spacial score (nSPS) is 14.3. The molecule has 0 atom stereocenters. The van der Waals surface area contributed by atoms with E-state index in [1.807, 2.05) is 23.6 Å². The first kappa shape index (κ1) is 21.9. The lowest BCUT2D eigenvalue weighted by molar-refractivity contribution is -0.121. The van der Waals surface area contributed by atoms with Crippen LogP contribution >= 0.6 is 11.3 Å². The molecule has 0 unspecified atom stereocenters. The number of carbonyl (C=O) groups is 1. The van der Waals surface area contributed by atoms with Crippen LogP contribution in [0.4, 0.5) is 5.82 Å². The second-order valence-electron chi connectivity index (χ2n) is 7.42. The lowest BCUT2D eigenvalue weighted by atomic mass is 10.3. The van der Waals surface area contributed by atoms with Crippen LogP contribution < -0.4 is 20.5 Å². The summed E-state index contributed by atoms with van der Waals surface area (Å²) in [6.45, 7) is 4.25. The Morgan fingerprint density at radius 1 is 1.19 bits per heavy atom. The van der Waals surface area contributed by atoms with Gasteiger partial charge in [0, 0.05) is 38.3 Å². The third kappa shape index (κ3) is 5.68. The number of rotatable bonds is 8. The molecule has 3 aromatic heterocycles. The standard InChI is InChI=1S/C21H25N7O3S/c1-26-5-7-27(8-6-26)18-12-20(24-14-23-18)31-9-4-22-19(29)13-28-15-25-16(11-21(28)30)17-3-2-10-32-17/h2-3,10-12,14-15H,4-9,13H2,1H3,(H,22,29). The second kappa shape index (κ2) is 10.3. The predicted octanol–water partition coefficient (Wildman–Crippen LogP) is 0.709. The van der Waals surface area contributed by atoms with Gasteiger partial charge in [0.25, 0.3) is 5.56 Å². The van der Waals surface area contributed by atoms with E-state index in [0.29, 0.717) is 18.1 Å². The van der Waals surface area contributed by atoms with Crippen molar-refractivity contribution < 1.29 is 9.53 Å². The van der Waals surface area contributed by atoms with E-state index in [9.17, 15) is 9.59 Å². The van der Waals surface area contributed by atoms with Crippen molar-refractivity contribution in [2.75, 3.05) is 51.3 Å². The van der Waals surface area contributed by atoms with Gasteiger partial charge in [-0.2, -0.15) is 0 Å². The molecule has 0 aromatic carbocycles. The van der Waals surface area contributed by atoms with Gasteiger partial charge in [0.2, 0.25) is 11.8 Å². The number of anilines is 1. The molecule has 0 saturated carbocycles. The minimum atomic E-state index is -0.290. The molecular weight excluding hydrogens is 430 g/mol. The van der Waals surface area contributed by atoms with E-state index in [-0.39, 0.29) is 24.6 Å². The number of nitrogens with zero attached hydrogens (tertiary/aromatic N) is 6. The van der Waals surface area contributed by atoms with E-state index >= 15 is 0 Å². The molecule has 3 aromatic rings. The van der Waals surface area contributed by atoms with Crippen molar-refractivity contribution >= 4 is 23.1 Å². The van der Waals surface area contributed by atoms with Crippen molar-refractivity contribution in [3.05, 3.63) is 52.7 Å². The lowest BCUT2D eigenvalue weighted by Gasteiger charge is -2.33. The van der Waals surface area contributed by atoms with Crippen molar-refractivity contribution in [1.82, 2.24) is 29.7 Å². The summed E-state index contributed by atoms with van der Waals surface area (Å²) >= 11 is 1.51. The summed E-state index contributed by atoms with van der Waals surface area (Å²) in [5, 5.41) is 4.67. The number of ether oxygens (including phenoxy) is 1. The van der Waals surface area contributed by atoms with E-state index < -0.39 is 0 Å². The fourth-order valence-corrected chi connectivity index (χ4v) is 3.97. The Kier molecular flexibility index (Phi) is 7.07. The third-order valence-electron chi connectivity index (χ3n) is 5.10. The van der Waals surface area contributed by atoms with E-state index in [1.165, 1.54) is 34.6 Å². The number of nitrogens with one attached hydrogen (secondary N) is 1. The number of thiophene rings is 1. The number of amides is 1. The van der Waals surface area contributed by atoms with Crippen molar-refractivity contribution in [2.24, 2.45) is 0 Å². The van der Waals surface area contributed by atoms with E-state index in [1.54, 1.807) is 0 Å². The third-order valence-corrected chi connectivity index (χ3v) is 5.99. The Balaban J connectivity index is 1.23. The Bertz CT molecular complexity index is 1090. The average Bonchev–Trinajstić information content (AvgIpc) is 3.34. The van der Waals surface area contributed by atoms with Gasteiger partial charge in [-0.05, 0) is 18.5 Å². The molecule has 4 heterocycles. The molecule has 10 nitrogen and oxygen atoms in total. The second-order valence-corrected chi connectivity index (χ2v) is 8.37. The molecule has 32 heavy (non-hydrogen) atoms. The number of piperazine rings is 1. The van der Waals surface area contributed by atoms with Crippen molar-refractivity contribution in [3.8, 4) is 16.5 Å². The molecule has 0 bridgehead atoms. The predicted molar refractivity (Wildman–Crippen MR) is 122 cm³/mol. The maximum atomic E-state index is 12.3. The van der Waals surface area contributed by atoms with E-state index in [0.717, 1.165) is 36.9 Å². The number of aromatic nitrogens is 4. The van der Waals surface area contributed by atoms with E-state index in [4.69, 9.17) is 4.74 Å². The molecule has 0 spiro atoms. The van der Waals surface area contributed by atoms with Crippen molar-refractivity contribution in [1.29, 1.82) is 0 Å². The molecule has 1 amide bonds. The first-order valence-corrected chi connectivity index (χ1v) is 11.2. The first-order valence-electron chi connectivity index (χ1n) is 10.3. The van der Waals surface area contributed by atoms with Crippen LogP contribution in [0.25, 0.3) is 10.6 Å². The number of likely N-dealkylation sites (N-methyl/N-ethyl adjacent to an activating group) is 1. The quantitative estimate of drug-likeness (QED) is 0.495. The highest BCUT2D eigenvalue weighted by Gasteiger charge is 2.16. The monoisotopic (exact) mass is 455 g/mol. The fourth-order valence-electron chi connectivity index (χ4n) is 3.28. The largest absolute Gasteiger partial charge is 0.476 e. The maximum absolute atomic E-state index is 12.3. The summed E-state index contributed by atoms with van der Waals surface area (Å²) in [4.78, 5) is 42.6. The highest BCUT2D eigenvalue weighted by atomic mass is 32.1. The van der Waals surface area contributed by atoms with Crippen LogP contribution in [-0.4, -0.2) is 76.7 Å². The summed E-state index contributed by atoms with van der Waals surface area (Å²) in [5.41, 5.74) is 0.336. The smallest absolute Gasteiger partial charge is 0.254 e. The van der Waals surface area contributed by atoms with Crippen LogP contribution in [-0.2, 0) is 11.3 Å². The van der Waals surface area contributed by atoms with Gasteiger partial charge in [0.05, 0.1) is 23.4 Å². The average molecular weight is 456 g/mol. The van der Waals surface area contributed by atoms with Crippen LogP contribution in [0.15, 0.2) is 47.1 Å². The van der Waals surface area contributed by atoms with Gasteiger partial charge in [-0.1, -0.05) is 6.07 Å². The number of hydrogen-bond acceptors (Lipinski definition) is 9. The molecule has 1 saturated heterocycles. The number of hydrogen-bond donors (Lipinski definition) is 1. The van der Waals surface area contributed by atoms with Gasteiger partial charge in [0.1, 0.15) is 25.3 Å². The lowest BCUT2D eigenvalue weighted by Crippen LogP contribution is -2.44. The van der Waals surface area contributed by atoms with Crippen LogP contribution in [0, 0.1) is 0 Å². The fraction of sp³-hybridized carbons (Fsp3) is 0.381. The molecule has 1 N–H and O–H groups in total. The van der Waals surface area contributed by atoms with Crippen molar-refractivity contribution in [3.63, 3.8) is 0 Å². The zero-order chi connectivity index (χ0) is 22.3. The molecule has 0 radical (unpaired) electrons. The van der Waals surface area contributed by atoms with Gasteiger partial charge in [-0.25, -0.2) is 15.0 Å². The highest BCUT2D eigenvalue weighted by Crippen LogP contribution is 2.20. The molecule has 11 heteroatoms. The topological polar surface area (TPSA) is 105 Å². The Hall–Kier alpha value is -3.31. The molecule has 1 aliphatic heterocycles. The molecule has 1 aliphatic rings. The van der Waals surface area contributed by atoms with Gasteiger partial charge in [-0.15, -0.1) is 11.3 Å². The SMILES string of the molecule is CN1CCN(c2cc(OCCNC(=O)Cn3cnc(-c4cccs4)cc3=O)ncn2)CC1. The molecule has 1 fully saturated rings. The summed E-state index contributed by atoms with van der Waals surface area (Å²) in [7, 11) is 2.10. The molecule has 4 rings (SSSR count). The summed E-state index contributed by atoms with van der Waals surface area (Å²) in [5.74, 6) is 1.01. The highest BCUT2D eigenvalue weighted by molar-refractivity contribution is 7.13. The summed E-state index contributed by atoms with van der Waals surface area (Å²) < 4.78 is 6.94. The minimum absolute atomic E-state index is 0.0996. The minimum Gasteiger partial charge on any atom is -0.476 e. The molecule has 168 valence electrons. The van der Waals surface area contributed by atoms with Gasteiger partial charge < -0.3 is 19.9 Å².